The monoisotopic (exact) mass is 229 g/mol. The number of hydrogen-bond acceptors (Lipinski definition) is 3. The molecule has 0 aliphatic carbocycles. The Morgan fingerprint density at radius 2 is 2.42 bits per heavy atom. The van der Waals surface area contributed by atoms with Gasteiger partial charge in [0.05, 0.1) is 19.2 Å². The van der Waals surface area contributed by atoms with Gasteiger partial charge < -0.3 is 4.74 Å². The number of pyridine rings is 1. The number of hydrogen-bond donors (Lipinski definition) is 0. The fourth-order valence-corrected chi connectivity index (χ4v) is 0.966. The van der Waals surface area contributed by atoms with E-state index in [1.54, 1.807) is 12.3 Å². The van der Waals surface area contributed by atoms with Gasteiger partial charge >= 0.3 is 5.97 Å². The highest BCUT2D eigenvalue weighted by Crippen LogP contribution is 2.07. The van der Waals surface area contributed by atoms with Crippen molar-refractivity contribution >= 4 is 21.9 Å². The summed E-state index contributed by atoms with van der Waals surface area (Å²) < 4.78 is 5.39. The number of ether oxygens (including phenoxy) is 1. The van der Waals surface area contributed by atoms with E-state index in [4.69, 9.17) is 0 Å². The first-order chi connectivity index (χ1) is 5.72. The van der Waals surface area contributed by atoms with Gasteiger partial charge in [0.2, 0.25) is 0 Å². The van der Waals surface area contributed by atoms with Crippen LogP contribution in [0.3, 0.4) is 0 Å². The molecule has 64 valence electrons. The van der Waals surface area contributed by atoms with E-state index < -0.39 is 0 Å². The predicted molar refractivity (Wildman–Crippen MR) is 47.7 cm³/mol. The van der Waals surface area contributed by atoms with E-state index in [1.165, 1.54) is 7.11 Å². The molecule has 0 fully saturated rings. The Morgan fingerprint density at radius 1 is 1.67 bits per heavy atom. The molecule has 1 rings (SSSR count). The molecule has 0 amide bonds. The molecule has 0 aliphatic heterocycles. The second-order valence-corrected chi connectivity index (χ2v) is 3.14. The molecule has 4 heteroatoms. The van der Waals surface area contributed by atoms with E-state index in [0.29, 0.717) is 5.69 Å². The second-order valence-electron chi connectivity index (χ2n) is 2.22. The molecule has 0 N–H and O–H groups in total. The minimum Gasteiger partial charge on any atom is -0.469 e. The van der Waals surface area contributed by atoms with E-state index in [1.807, 2.05) is 6.07 Å². The number of methoxy groups -OCH3 is 1. The van der Waals surface area contributed by atoms with Gasteiger partial charge in [-0.3, -0.25) is 9.78 Å². The molecule has 0 saturated heterocycles. The summed E-state index contributed by atoms with van der Waals surface area (Å²) in [5, 5.41) is 0. The maximum Gasteiger partial charge on any atom is 0.311 e. The molecule has 1 aromatic rings. The lowest BCUT2D eigenvalue weighted by Gasteiger charge is -1.98. The first-order valence-electron chi connectivity index (χ1n) is 3.39. The Labute approximate surface area is 78.9 Å². The van der Waals surface area contributed by atoms with Crippen LogP contribution in [-0.2, 0) is 16.0 Å². The SMILES string of the molecule is COC(=O)Cc1ccc(Br)cn1. The Bertz CT molecular complexity index is 271. The quantitative estimate of drug-likeness (QED) is 0.723. The number of rotatable bonds is 2. The van der Waals surface area contributed by atoms with Gasteiger partial charge in [-0.25, -0.2) is 0 Å². The number of nitrogens with zero attached hydrogens (tertiary/aromatic N) is 1. The molecular formula is C8H8BrNO2. The van der Waals surface area contributed by atoms with Crippen LogP contribution in [0.5, 0.6) is 0 Å². The van der Waals surface area contributed by atoms with Crippen molar-refractivity contribution in [2.45, 2.75) is 6.42 Å². The summed E-state index contributed by atoms with van der Waals surface area (Å²) in [5.41, 5.74) is 0.713. The molecule has 0 unspecified atom stereocenters. The highest BCUT2D eigenvalue weighted by atomic mass is 79.9. The molecule has 0 bridgehead atoms. The lowest BCUT2D eigenvalue weighted by molar-refractivity contribution is -0.139. The van der Waals surface area contributed by atoms with Crippen LogP contribution in [-0.4, -0.2) is 18.1 Å². The van der Waals surface area contributed by atoms with Crippen molar-refractivity contribution in [3.05, 3.63) is 28.5 Å². The Morgan fingerprint density at radius 3 is 2.92 bits per heavy atom. The minimum atomic E-state index is -0.273. The third kappa shape index (κ3) is 2.62. The number of aromatic nitrogens is 1. The van der Waals surface area contributed by atoms with Gasteiger partial charge in [-0.05, 0) is 28.1 Å². The van der Waals surface area contributed by atoms with Gasteiger partial charge in [-0.2, -0.15) is 0 Å². The molecule has 0 atom stereocenters. The average Bonchev–Trinajstić information content (AvgIpc) is 2.09. The Balaban J connectivity index is 2.64. The zero-order chi connectivity index (χ0) is 8.97. The molecule has 1 aromatic heterocycles. The third-order valence-electron chi connectivity index (χ3n) is 1.34. The highest BCUT2D eigenvalue weighted by Gasteiger charge is 2.02. The summed E-state index contributed by atoms with van der Waals surface area (Å²) in [6.07, 6.45) is 1.88. The first-order valence-corrected chi connectivity index (χ1v) is 4.19. The van der Waals surface area contributed by atoms with E-state index in [2.05, 4.69) is 25.7 Å². The highest BCUT2D eigenvalue weighted by molar-refractivity contribution is 9.10. The molecule has 0 spiro atoms. The zero-order valence-electron chi connectivity index (χ0n) is 6.58. The summed E-state index contributed by atoms with van der Waals surface area (Å²) in [5.74, 6) is -0.273. The van der Waals surface area contributed by atoms with Crippen molar-refractivity contribution in [2.24, 2.45) is 0 Å². The van der Waals surface area contributed by atoms with Gasteiger partial charge in [0.1, 0.15) is 0 Å². The fourth-order valence-electron chi connectivity index (χ4n) is 0.731. The van der Waals surface area contributed by atoms with E-state index in [0.717, 1.165) is 4.47 Å². The summed E-state index contributed by atoms with van der Waals surface area (Å²) in [6, 6.07) is 3.62. The largest absolute Gasteiger partial charge is 0.469 e. The van der Waals surface area contributed by atoms with Crippen molar-refractivity contribution in [3.63, 3.8) is 0 Å². The molecule has 12 heavy (non-hydrogen) atoms. The van der Waals surface area contributed by atoms with Gasteiger partial charge in [0, 0.05) is 10.7 Å². The lowest BCUT2D eigenvalue weighted by Crippen LogP contribution is -2.05. The van der Waals surface area contributed by atoms with E-state index >= 15 is 0 Å². The predicted octanol–water partition coefficient (Wildman–Crippen LogP) is 1.56. The van der Waals surface area contributed by atoms with Crippen LogP contribution < -0.4 is 0 Å². The number of esters is 1. The normalized spacial score (nSPS) is 9.50. The van der Waals surface area contributed by atoms with Crippen LogP contribution in [0.25, 0.3) is 0 Å². The molecule has 0 aromatic carbocycles. The number of halogens is 1. The van der Waals surface area contributed by atoms with Gasteiger partial charge in [0.25, 0.3) is 0 Å². The van der Waals surface area contributed by atoms with Crippen LogP contribution in [0.2, 0.25) is 0 Å². The van der Waals surface area contributed by atoms with Gasteiger partial charge in [-0.15, -0.1) is 0 Å². The number of carbonyl (C=O) groups excluding carboxylic acids is 1. The molecule has 0 aliphatic rings. The zero-order valence-corrected chi connectivity index (χ0v) is 8.17. The second kappa shape index (κ2) is 4.21. The smallest absolute Gasteiger partial charge is 0.311 e. The van der Waals surface area contributed by atoms with Crippen LogP contribution >= 0.6 is 15.9 Å². The summed E-state index contributed by atoms with van der Waals surface area (Å²) >= 11 is 3.25. The molecular weight excluding hydrogens is 222 g/mol. The fraction of sp³-hybridized carbons (Fsp3) is 0.250. The van der Waals surface area contributed by atoms with E-state index in [9.17, 15) is 4.79 Å². The van der Waals surface area contributed by atoms with Crippen LogP contribution in [0.4, 0.5) is 0 Å². The topological polar surface area (TPSA) is 39.2 Å². The standard InChI is InChI=1S/C8H8BrNO2/c1-12-8(11)4-7-3-2-6(9)5-10-7/h2-3,5H,4H2,1H3. The molecule has 3 nitrogen and oxygen atoms in total. The third-order valence-corrected chi connectivity index (χ3v) is 1.81. The Hall–Kier alpha value is -0.900. The van der Waals surface area contributed by atoms with Crippen molar-refractivity contribution in [2.75, 3.05) is 7.11 Å². The van der Waals surface area contributed by atoms with Crippen molar-refractivity contribution < 1.29 is 9.53 Å². The van der Waals surface area contributed by atoms with Crippen LogP contribution in [0.1, 0.15) is 5.69 Å². The number of carbonyl (C=O) groups is 1. The van der Waals surface area contributed by atoms with E-state index in [-0.39, 0.29) is 12.4 Å². The van der Waals surface area contributed by atoms with Gasteiger partial charge in [0.15, 0.2) is 0 Å². The summed E-state index contributed by atoms with van der Waals surface area (Å²) in [6.45, 7) is 0. The molecule has 1 heterocycles. The molecule has 0 saturated carbocycles. The maximum absolute atomic E-state index is 10.8. The minimum absolute atomic E-state index is 0.226. The first kappa shape index (κ1) is 9.19. The maximum atomic E-state index is 10.8. The van der Waals surface area contributed by atoms with Gasteiger partial charge in [-0.1, -0.05) is 0 Å². The van der Waals surface area contributed by atoms with Crippen molar-refractivity contribution in [3.8, 4) is 0 Å². The Kier molecular flexibility index (Phi) is 3.22. The average molecular weight is 230 g/mol. The van der Waals surface area contributed by atoms with Crippen LogP contribution in [0.15, 0.2) is 22.8 Å². The lowest BCUT2D eigenvalue weighted by atomic mass is 10.3. The van der Waals surface area contributed by atoms with Crippen molar-refractivity contribution in [1.82, 2.24) is 4.98 Å². The molecule has 0 radical (unpaired) electrons. The summed E-state index contributed by atoms with van der Waals surface area (Å²) in [4.78, 5) is 14.8. The summed E-state index contributed by atoms with van der Waals surface area (Å²) in [7, 11) is 1.36. The van der Waals surface area contributed by atoms with Crippen LogP contribution in [0, 0.1) is 0 Å². The van der Waals surface area contributed by atoms with Crippen molar-refractivity contribution in [1.29, 1.82) is 0 Å².